The quantitative estimate of drug-likeness (QED) is 0.480. The standard InChI is InChI=1S/C17H13N3O6/c21-12-5-9(6-13(22)7-12)15(23)18-10-1-3-11(4-2-10)20-8-14(17(25)26)16(24)19-20/h1-8,21-22H,(H,18,23)(H,19,24)(H,25,26). The smallest absolute Gasteiger partial charge is 0.342 e. The van der Waals surface area contributed by atoms with Crippen LogP contribution in [0.1, 0.15) is 20.7 Å². The van der Waals surface area contributed by atoms with Gasteiger partial charge in [-0.3, -0.25) is 19.4 Å². The fourth-order valence-electron chi connectivity index (χ4n) is 2.32. The number of H-pyrrole nitrogens is 1. The van der Waals surface area contributed by atoms with Crippen molar-refractivity contribution in [3.63, 3.8) is 0 Å². The molecule has 0 fully saturated rings. The lowest BCUT2D eigenvalue weighted by molar-refractivity contribution is 0.0695. The molecule has 0 spiro atoms. The molecule has 0 aliphatic heterocycles. The third-order valence-corrected chi connectivity index (χ3v) is 3.52. The summed E-state index contributed by atoms with van der Waals surface area (Å²) >= 11 is 0. The minimum atomic E-state index is -1.33. The number of aromatic nitrogens is 2. The number of phenolic OH excluding ortho intramolecular Hbond substituents is 2. The third-order valence-electron chi connectivity index (χ3n) is 3.52. The van der Waals surface area contributed by atoms with Crippen LogP contribution in [-0.4, -0.2) is 37.0 Å². The highest BCUT2D eigenvalue weighted by Crippen LogP contribution is 2.21. The second-order valence-corrected chi connectivity index (χ2v) is 5.40. The first-order valence-electron chi connectivity index (χ1n) is 7.33. The minimum Gasteiger partial charge on any atom is -0.508 e. The van der Waals surface area contributed by atoms with Crippen LogP contribution < -0.4 is 10.9 Å². The molecule has 9 heteroatoms. The van der Waals surface area contributed by atoms with Gasteiger partial charge < -0.3 is 20.6 Å². The van der Waals surface area contributed by atoms with Crippen molar-refractivity contribution in [1.29, 1.82) is 0 Å². The number of carboxylic acids is 1. The van der Waals surface area contributed by atoms with Gasteiger partial charge in [0.1, 0.15) is 17.1 Å². The molecule has 132 valence electrons. The Balaban J connectivity index is 1.79. The molecule has 9 nitrogen and oxygen atoms in total. The zero-order chi connectivity index (χ0) is 18.8. The Morgan fingerprint density at radius 2 is 1.62 bits per heavy atom. The van der Waals surface area contributed by atoms with Crippen LogP contribution in [0.5, 0.6) is 11.5 Å². The molecule has 0 aliphatic carbocycles. The summed E-state index contributed by atoms with van der Waals surface area (Å²) in [6.07, 6.45) is 1.16. The van der Waals surface area contributed by atoms with E-state index in [4.69, 9.17) is 5.11 Å². The molecule has 0 radical (unpaired) electrons. The highest BCUT2D eigenvalue weighted by atomic mass is 16.4. The molecule has 0 saturated carbocycles. The minimum absolute atomic E-state index is 0.0763. The topological polar surface area (TPSA) is 145 Å². The summed E-state index contributed by atoms with van der Waals surface area (Å²) in [6.45, 7) is 0. The van der Waals surface area contributed by atoms with Crippen LogP contribution in [0.4, 0.5) is 5.69 Å². The second-order valence-electron chi connectivity index (χ2n) is 5.40. The van der Waals surface area contributed by atoms with Crippen molar-refractivity contribution in [2.24, 2.45) is 0 Å². The average molecular weight is 355 g/mol. The highest BCUT2D eigenvalue weighted by molar-refractivity contribution is 6.04. The summed E-state index contributed by atoms with van der Waals surface area (Å²) in [7, 11) is 0. The van der Waals surface area contributed by atoms with Gasteiger partial charge in [0.15, 0.2) is 0 Å². The van der Waals surface area contributed by atoms with E-state index in [1.165, 1.54) is 16.8 Å². The van der Waals surface area contributed by atoms with Crippen molar-refractivity contribution >= 4 is 17.6 Å². The van der Waals surface area contributed by atoms with E-state index in [1.807, 2.05) is 0 Å². The summed E-state index contributed by atoms with van der Waals surface area (Å²) in [5, 5.41) is 32.7. The maximum Gasteiger partial charge on any atom is 0.342 e. The van der Waals surface area contributed by atoms with E-state index in [0.717, 1.165) is 12.3 Å². The summed E-state index contributed by atoms with van der Waals surface area (Å²) in [5.41, 5.74) is -0.116. The van der Waals surface area contributed by atoms with E-state index in [2.05, 4.69) is 10.4 Å². The average Bonchev–Trinajstić information content (AvgIpc) is 2.96. The Labute approximate surface area is 145 Å². The van der Waals surface area contributed by atoms with E-state index in [1.54, 1.807) is 24.3 Å². The van der Waals surface area contributed by atoms with Crippen molar-refractivity contribution in [2.75, 3.05) is 5.32 Å². The molecule has 0 saturated heterocycles. The molecule has 2 aromatic carbocycles. The van der Waals surface area contributed by atoms with Crippen LogP contribution in [0.25, 0.3) is 5.69 Å². The lowest BCUT2D eigenvalue weighted by Gasteiger charge is -2.08. The molecule has 0 atom stereocenters. The monoisotopic (exact) mass is 355 g/mol. The zero-order valence-electron chi connectivity index (χ0n) is 13.1. The third kappa shape index (κ3) is 3.41. The normalized spacial score (nSPS) is 10.5. The Morgan fingerprint density at radius 1 is 1.00 bits per heavy atom. The van der Waals surface area contributed by atoms with E-state index in [9.17, 15) is 24.6 Å². The van der Waals surface area contributed by atoms with E-state index in [-0.39, 0.29) is 22.6 Å². The van der Waals surface area contributed by atoms with Gasteiger partial charge in [-0.2, -0.15) is 0 Å². The van der Waals surface area contributed by atoms with Crippen LogP contribution in [0.2, 0.25) is 0 Å². The van der Waals surface area contributed by atoms with Gasteiger partial charge in [0.2, 0.25) is 0 Å². The number of nitrogens with one attached hydrogen (secondary N) is 2. The number of anilines is 1. The summed E-state index contributed by atoms with van der Waals surface area (Å²) in [5.74, 6) is -2.35. The first-order valence-corrected chi connectivity index (χ1v) is 7.33. The molecule has 1 amide bonds. The summed E-state index contributed by atoms with van der Waals surface area (Å²) in [6, 6.07) is 9.76. The first-order chi connectivity index (χ1) is 12.3. The predicted octanol–water partition coefficient (Wildman–Crippen LogP) is 1.53. The molecule has 0 unspecified atom stereocenters. The fraction of sp³-hybridized carbons (Fsp3) is 0. The van der Waals surface area contributed by atoms with Gasteiger partial charge in [-0.15, -0.1) is 0 Å². The Kier molecular flexibility index (Phi) is 4.19. The van der Waals surface area contributed by atoms with Crippen molar-refractivity contribution in [3.05, 3.63) is 70.1 Å². The molecule has 1 heterocycles. The number of benzene rings is 2. The van der Waals surface area contributed by atoms with E-state index >= 15 is 0 Å². The number of phenols is 2. The van der Waals surface area contributed by atoms with E-state index < -0.39 is 17.4 Å². The van der Waals surface area contributed by atoms with Gasteiger partial charge in [0.25, 0.3) is 11.5 Å². The molecule has 26 heavy (non-hydrogen) atoms. The zero-order valence-corrected chi connectivity index (χ0v) is 13.1. The van der Waals surface area contributed by atoms with Gasteiger partial charge in [0, 0.05) is 23.5 Å². The van der Waals surface area contributed by atoms with Gasteiger partial charge in [0.05, 0.1) is 5.69 Å². The van der Waals surface area contributed by atoms with Crippen molar-refractivity contribution in [1.82, 2.24) is 9.78 Å². The number of aromatic hydroxyl groups is 2. The van der Waals surface area contributed by atoms with Crippen LogP contribution in [0.15, 0.2) is 53.5 Å². The molecule has 0 bridgehead atoms. The van der Waals surface area contributed by atoms with Gasteiger partial charge in [-0.05, 0) is 36.4 Å². The van der Waals surface area contributed by atoms with Gasteiger partial charge >= 0.3 is 5.97 Å². The molecule has 5 N–H and O–H groups in total. The number of aromatic carboxylic acids is 1. The molecular weight excluding hydrogens is 342 g/mol. The van der Waals surface area contributed by atoms with E-state index in [0.29, 0.717) is 11.4 Å². The number of carbonyl (C=O) groups excluding carboxylic acids is 1. The Hall–Kier alpha value is -4.01. The summed E-state index contributed by atoms with van der Waals surface area (Å²) in [4.78, 5) is 34.6. The van der Waals surface area contributed by atoms with Crippen molar-refractivity contribution in [3.8, 4) is 17.2 Å². The van der Waals surface area contributed by atoms with Crippen LogP contribution in [0, 0.1) is 0 Å². The number of aromatic amines is 1. The van der Waals surface area contributed by atoms with Crippen molar-refractivity contribution < 1.29 is 24.9 Å². The number of carboxylic acid groups (broad SMARTS) is 1. The number of nitrogens with zero attached hydrogens (tertiary/aromatic N) is 1. The SMILES string of the molecule is O=C(Nc1ccc(-n2cc(C(=O)O)c(=O)[nH]2)cc1)c1cc(O)cc(O)c1. The maximum absolute atomic E-state index is 12.1. The maximum atomic E-state index is 12.1. The predicted molar refractivity (Wildman–Crippen MR) is 91.1 cm³/mol. The lowest BCUT2D eigenvalue weighted by atomic mass is 10.2. The van der Waals surface area contributed by atoms with Crippen molar-refractivity contribution in [2.45, 2.75) is 0 Å². The van der Waals surface area contributed by atoms with Gasteiger partial charge in [-0.1, -0.05) is 0 Å². The molecule has 1 aromatic heterocycles. The fourth-order valence-corrected chi connectivity index (χ4v) is 2.32. The first kappa shape index (κ1) is 16.8. The Bertz CT molecular complexity index is 1030. The highest BCUT2D eigenvalue weighted by Gasteiger charge is 2.13. The molecule has 3 aromatic rings. The van der Waals surface area contributed by atoms with Crippen LogP contribution in [0.3, 0.4) is 0 Å². The lowest BCUT2D eigenvalue weighted by Crippen LogP contribution is -2.12. The van der Waals surface area contributed by atoms with Crippen LogP contribution in [-0.2, 0) is 0 Å². The largest absolute Gasteiger partial charge is 0.508 e. The second kappa shape index (κ2) is 6.48. The number of hydrogen-bond donors (Lipinski definition) is 5. The Morgan fingerprint density at radius 3 is 2.15 bits per heavy atom. The van der Waals surface area contributed by atoms with Gasteiger partial charge in [-0.25, -0.2) is 4.79 Å². The number of hydrogen-bond acceptors (Lipinski definition) is 5. The number of amides is 1. The molecule has 3 rings (SSSR count). The molecule has 0 aliphatic rings. The molecular formula is C17H13N3O6. The summed E-state index contributed by atoms with van der Waals surface area (Å²) < 4.78 is 1.25. The van der Waals surface area contributed by atoms with Crippen LogP contribution >= 0.6 is 0 Å². The number of carbonyl (C=O) groups is 2. The number of rotatable bonds is 4.